The van der Waals surface area contributed by atoms with Crippen LogP contribution in [0.15, 0.2) is 23.4 Å². The quantitative estimate of drug-likeness (QED) is 0.203. The van der Waals surface area contributed by atoms with Crippen LogP contribution < -0.4 is 10.1 Å². The average molecular weight is 537 g/mol. The molecule has 0 radical (unpaired) electrons. The largest absolute Gasteiger partial charge is 0.493 e. The van der Waals surface area contributed by atoms with Crippen LogP contribution in [-0.4, -0.2) is 46.1 Å². The Hall–Kier alpha value is -2.56. The van der Waals surface area contributed by atoms with Crippen molar-refractivity contribution in [2.75, 3.05) is 24.8 Å². The van der Waals surface area contributed by atoms with Gasteiger partial charge >= 0.3 is 5.97 Å². The molecule has 0 unspecified atom stereocenters. The normalized spacial score (nSPS) is 10.9. The maximum absolute atomic E-state index is 12.6. The number of nitrogens with zero attached hydrogens (tertiary/aromatic N) is 3. The summed E-state index contributed by atoms with van der Waals surface area (Å²) in [6, 6.07) is 5.55. The third-order valence-electron chi connectivity index (χ3n) is 5.40. The number of halogens is 1. The fraction of sp³-hybridized carbons (Fsp3) is 0.417. The summed E-state index contributed by atoms with van der Waals surface area (Å²) in [5, 5.41) is 13.2. The van der Waals surface area contributed by atoms with Crippen molar-refractivity contribution in [1.82, 2.24) is 14.8 Å². The second kappa shape index (κ2) is 12.4. The molecule has 188 valence electrons. The van der Waals surface area contributed by atoms with E-state index in [4.69, 9.17) is 21.1 Å². The number of aromatic nitrogens is 3. The first-order valence-corrected chi connectivity index (χ1v) is 13.3. The fourth-order valence-electron chi connectivity index (χ4n) is 3.58. The molecule has 0 bridgehead atoms. The maximum atomic E-state index is 12.6. The molecule has 11 heteroatoms. The highest BCUT2D eigenvalue weighted by Gasteiger charge is 2.23. The molecule has 2 heterocycles. The van der Waals surface area contributed by atoms with Crippen LogP contribution in [0.1, 0.15) is 45.5 Å². The first-order valence-electron chi connectivity index (χ1n) is 11.2. The number of hydrogen-bond donors (Lipinski definition) is 1. The van der Waals surface area contributed by atoms with E-state index in [2.05, 4.69) is 15.5 Å². The van der Waals surface area contributed by atoms with E-state index in [0.717, 1.165) is 34.0 Å². The predicted octanol–water partition coefficient (Wildman–Crippen LogP) is 5.24. The number of amides is 1. The second-order valence-electron chi connectivity index (χ2n) is 7.84. The van der Waals surface area contributed by atoms with Gasteiger partial charge in [-0.1, -0.05) is 30.3 Å². The number of benzene rings is 1. The molecule has 0 aliphatic heterocycles. The Balaban J connectivity index is 1.52. The zero-order valence-electron chi connectivity index (χ0n) is 20.4. The third-order valence-corrected chi connectivity index (χ3v) is 7.72. The average Bonchev–Trinajstić information content (AvgIpc) is 3.34. The Bertz CT molecular complexity index is 1210. The van der Waals surface area contributed by atoms with Gasteiger partial charge in [-0.25, -0.2) is 4.79 Å². The van der Waals surface area contributed by atoms with Gasteiger partial charge in [-0.15, -0.1) is 21.5 Å². The SMILES string of the molecule is CCc1c(C)sc(NC(=O)CSc2nnc(CCCOc3ccc(Cl)cc3C)n2C)c1C(=O)OC. The molecule has 1 N–H and O–H groups in total. The van der Waals surface area contributed by atoms with E-state index in [9.17, 15) is 9.59 Å². The van der Waals surface area contributed by atoms with Crippen molar-refractivity contribution in [2.24, 2.45) is 7.05 Å². The molecule has 35 heavy (non-hydrogen) atoms. The molecule has 1 aromatic carbocycles. The molecule has 3 rings (SSSR count). The first-order chi connectivity index (χ1) is 16.7. The van der Waals surface area contributed by atoms with Gasteiger partial charge < -0.3 is 19.4 Å². The van der Waals surface area contributed by atoms with Gasteiger partial charge in [0.15, 0.2) is 5.16 Å². The van der Waals surface area contributed by atoms with E-state index in [1.54, 1.807) is 0 Å². The molecule has 0 fully saturated rings. The zero-order chi connectivity index (χ0) is 25.5. The molecule has 0 spiro atoms. The number of rotatable bonds is 11. The minimum absolute atomic E-state index is 0.143. The highest BCUT2D eigenvalue weighted by Crippen LogP contribution is 2.34. The summed E-state index contributed by atoms with van der Waals surface area (Å²) in [4.78, 5) is 25.8. The summed E-state index contributed by atoms with van der Waals surface area (Å²) in [6.45, 7) is 6.41. The van der Waals surface area contributed by atoms with Crippen molar-refractivity contribution in [3.63, 3.8) is 0 Å². The molecular formula is C24H29ClN4O4S2. The van der Waals surface area contributed by atoms with Crippen LogP contribution in [0.2, 0.25) is 5.02 Å². The van der Waals surface area contributed by atoms with Gasteiger partial charge in [-0.2, -0.15) is 0 Å². The lowest BCUT2D eigenvalue weighted by atomic mass is 10.1. The topological polar surface area (TPSA) is 95.3 Å². The molecule has 0 atom stereocenters. The lowest BCUT2D eigenvalue weighted by Gasteiger charge is -2.09. The molecule has 0 saturated carbocycles. The van der Waals surface area contributed by atoms with Crippen molar-refractivity contribution in [3.05, 3.63) is 50.6 Å². The lowest BCUT2D eigenvalue weighted by Crippen LogP contribution is -2.16. The Morgan fingerprint density at radius 2 is 2.03 bits per heavy atom. The second-order valence-corrected chi connectivity index (χ2v) is 10.4. The van der Waals surface area contributed by atoms with Crippen molar-refractivity contribution in [3.8, 4) is 5.75 Å². The number of thioether (sulfide) groups is 1. The summed E-state index contributed by atoms with van der Waals surface area (Å²) >= 11 is 8.66. The van der Waals surface area contributed by atoms with Gasteiger partial charge in [-0.05, 0) is 56.0 Å². The van der Waals surface area contributed by atoms with Gasteiger partial charge in [0.2, 0.25) is 5.91 Å². The minimum Gasteiger partial charge on any atom is -0.493 e. The predicted molar refractivity (Wildman–Crippen MR) is 140 cm³/mol. The number of anilines is 1. The summed E-state index contributed by atoms with van der Waals surface area (Å²) in [5.41, 5.74) is 2.33. The number of carbonyl (C=O) groups excluding carboxylic acids is 2. The zero-order valence-corrected chi connectivity index (χ0v) is 22.8. The summed E-state index contributed by atoms with van der Waals surface area (Å²) in [6.07, 6.45) is 2.15. The van der Waals surface area contributed by atoms with E-state index < -0.39 is 5.97 Å². The maximum Gasteiger partial charge on any atom is 0.341 e. The summed E-state index contributed by atoms with van der Waals surface area (Å²) in [7, 11) is 3.22. The number of ether oxygens (including phenoxy) is 2. The van der Waals surface area contributed by atoms with Gasteiger partial charge in [0.1, 0.15) is 16.6 Å². The van der Waals surface area contributed by atoms with Gasteiger partial charge in [0.25, 0.3) is 0 Å². The van der Waals surface area contributed by atoms with Crippen molar-refractivity contribution < 1.29 is 19.1 Å². The molecular weight excluding hydrogens is 508 g/mol. The van der Waals surface area contributed by atoms with Crippen LogP contribution in [0.3, 0.4) is 0 Å². The number of hydrogen-bond acceptors (Lipinski definition) is 8. The van der Waals surface area contributed by atoms with Crippen LogP contribution in [0.25, 0.3) is 0 Å². The smallest absolute Gasteiger partial charge is 0.341 e. The first kappa shape index (κ1) is 27.0. The van der Waals surface area contributed by atoms with Gasteiger partial charge in [-0.3, -0.25) is 4.79 Å². The summed E-state index contributed by atoms with van der Waals surface area (Å²) < 4.78 is 12.6. The van der Waals surface area contributed by atoms with Gasteiger partial charge in [0, 0.05) is 23.4 Å². The van der Waals surface area contributed by atoms with E-state index in [1.165, 1.54) is 30.2 Å². The van der Waals surface area contributed by atoms with Crippen LogP contribution in [0.5, 0.6) is 5.75 Å². The molecule has 0 saturated heterocycles. The van der Waals surface area contributed by atoms with Crippen molar-refractivity contribution >= 4 is 51.6 Å². The monoisotopic (exact) mass is 536 g/mol. The molecule has 1 amide bonds. The van der Waals surface area contributed by atoms with E-state index >= 15 is 0 Å². The van der Waals surface area contributed by atoms with E-state index in [-0.39, 0.29) is 11.7 Å². The summed E-state index contributed by atoms with van der Waals surface area (Å²) in [5.74, 6) is 1.11. The van der Waals surface area contributed by atoms with E-state index in [1.807, 2.05) is 50.6 Å². The molecule has 3 aromatic rings. The van der Waals surface area contributed by atoms with Gasteiger partial charge in [0.05, 0.1) is 25.0 Å². The number of esters is 1. The van der Waals surface area contributed by atoms with Crippen LogP contribution in [0, 0.1) is 13.8 Å². The van der Waals surface area contributed by atoms with Crippen molar-refractivity contribution in [1.29, 1.82) is 0 Å². The van der Waals surface area contributed by atoms with Crippen molar-refractivity contribution in [2.45, 2.75) is 45.2 Å². The highest BCUT2D eigenvalue weighted by atomic mass is 35.5. The fourth-order valence-corrected chi connectivity index (χ4v) is 5.68. The molecule has 8 nitrogen and oxygen atoms in total. The Kier molecular flexibility index (Phi) is 9.59. The molecule has 2 aromatic heterocycles. The van der Waals surface area contributed by atoms with E-state index in [0.29, 0.717) is 40.2 Å². The number of carbonyl (C=O) groups is 2. The lowest BCUT2D eigenvalue weighted by molar-refractivity contribution is -0.113. The number of thiophene rings is 1. The Morgan fingerprint density at radius 3 is 2.71 bits per heavy atom. The molecule has 0 aliphatic carbocycles. The highest BCUT2D eigenvalue weighted by molar-refractivity contribution is 7.99. The Morgan fingerprint density at radius 1 is 1.26 bits per heavy atom. The van der Waals surface area contributed by atoms with Crippen LogP contribution in [-0.2, 0) is 29.4 Å². The Labute approximate surface area is 218 Å². The number of aryl methyl sites for hydroxylation is 3. The van der Waals surface area contributed by atoms with Crippen LogP contribution >= 0.6 is 34.7 Å². The van der Waals surface area contributed by atoms with Crippen LogP contribution in [0.4, 0.5) is 5.00 Å². The number of methoxy groups -OCH3 is 1. The standard InChI is InChI=1S/C24H29ClN4O4S2/c1-6-17-15(3)35-22(21(17)23(31)32-5)26-20(30)13-34-24-28-27-19(29(24)4)8-7-11-33-18-10-9-16(25)12-14(18)2/h9-10,12H,6-8,11,13H2,1-5H3,(H,26,30). The third kappa shape index (κ3) is 6.77. The minimum atomic E-state index is -0.442. The molecule has 0 aliphatic rings. The number of nitrogens with one attached hydrogen (secondary N) is 1.